The van der Waals surface area contributed by atoms with Crippen LogP contribution in [0.15, 0.2) is 159 Å². The molecule has 2 aromatic carbocycles. The molecule has 6 aromatic heterocycles. The van der Waals surface area contributed by atoms with Gasteiger partial charge in [0.15, 0.2) is 0 Å². The van der Waals surface area contributed by atoms with Crippen molar-refractivity contribution in [2.75, 3.05) is 28.4 Å². The molecule has 0 amide bonds. The van der Waals surface area contributed by atoms with E-state index in [0.29, 0.717) is 0 Å². The van der Waals surface area contributed by atoms with Crippen molar-refractivity contribution in [3.63, 3.8) is 0 Å². The molecule has 22 nitrogen and oxygen atoms in total. The van der Waals surface area contributed by atoms with Crippen molar-refractivity contribution in [1.29, 1.82) is 0 Å². The molecule has 0 aliphatic carbocycles. The van der Waals surface area contributed by atoms with E-state index in [1.165, 1.54) is 61.4 Å². The molecule has 79 heavy (non-hydrogen) atoms. The van der Waals surface area contributed by atoms with Crippen LogP contribution in [0.3, 0.4) is 0 Å². The molecule has 0 saturated heterocycles. The molecule has 8 aromatic rings. The minimum Gasteiger partial charge on any atom is -0.545 e. The van der Waals surface area contributed by atoms with Crippen LogP contribution in [-0.2, 0) is 76.5 Å². The van der Waals surface area contributed by atoms with Crippen molar-refractivity contribution in [2.45, 2.75) is 0 Å². The zero-order chi connectivity index (χ0) is 55.3. The maximum atomic E-state index is 11.6. The van der Waals surface area contributed by atoms with Gasteiger partial charge in [-0.2, -0.15) is 0 Å². The molecule has 0 aliphatic rings. The summed E-state index contributed by atoms with van der Waals surface area (Å²) in [6, 6.07) is 31.5. The first kappa shape index (κ1) is 67.8. The fourth-order valence-corrected chi connectivity index (χ4v) is 8.58. The van der Waals surface area contributed by atoms with Crippen LogP contribution in [0.25, 0.3) is 45.3 Å². The first-order chi connectivity index (χ1) is 36.5. The van der Waals surface area contributed by atoms with Crippen molar-refractivity contribution < 1.29 is 136 Å². The van der Waals surface area contributed by atoms with Crippen LogP contribution in [0.1, 0.15) is 62.1 Å². The summed E-state index contributed by atoms with van der Waals surface area (Å²) in [6.07, 6.45) is 7.09. The number of hydrogen-bond donors (Lipinski definition) is 0. The number of carbonyl (C=O) groups is 6. The average molecular weight is 1370 g/mol. The number of pyridine rings is 6. The number of aromatic nitrogens is 6. The molecule has 0 saturated carbocycles. The van der Waals surface area contributed by atoms with Gasteiger partial charge in [0, 0.05) is 121 Å². The molecule has 0 N–H and O–H groups in total. The Morgan fingerprint density at radius 2 is 0.595 bits per heavy atom. The molecular weight excluding hydrogens is 1330 g/mol. The van der Waals surface area contributed by atoms with Gasteiger partial charge in [0.1, 0.15) is 0 Å². The van der Waals surface area contributed by atoms with E-state index < -0.39 is 52.6 Å². The maximum absolute atomic E-state index is 11.6. The Bertz CT molecular complexity index is 3130. The monoisotopic (exact) mass is 1370 g/mol. The summed E-state index contributed by atoms with van der Waals surface area (Å²) in [5, 5.41) is 69.7. The molecule has 6 heterocycles. The Balaban J connectivity index is 0.000000384. The third-order valence-corrected chi connectivity index (χ3v) is 12.7. The number of benzene rings is 2. The van der Waals surface area contributed by atoms with Crippen LogP contribution >= 0.6 is 16.8 Å². The molecule has 0 radical (unpaired) electrons. The number of aromatic carboxylic acids is 6. The molecule has 27 heteroatoms. The standard InChI is InChI=1S/2C18H11N3O6.2C8H11O2P.3Ru/c2*22-16(23)9-1-4-19-12(7-9)14-11(18(26)27)3-6-21-15(14)13-8-10(17(24)25)2-5-20-13;2*1-9-11(10-2)8-6-4-3-5-7-8;;;/h2*1-8H,(H,22,23)(H,24,25)(H,26,27);2*3-7H,1-2H3;;;/q;;;;3*+2/p-6. The fourth-order valence-electron chi connectivity index (χ4n) is 6.60. The molecule has 0 atom stereocenters. The molecule has 0 aliphatic heterocycles. The number of nitrogens with zero attached hydrogens (tertiary/aromatic N) is 6. The number of rotatable bonds is 16. The quantitative estimate of drug-likeness (QED) is 0.0934. The number of hydrogen-bond acceptors (Lipinski definition) is 22. The van der Waals surface area contributed by atoms with E-state index in [0.717, 1.165) is 47.0 Å². The predicted molar refractivity (Wildman–Crippen MR) is 261 cm³/mol. The summed E-state index contributed by atoms with van der Waals surface area (Å²) in [7, 11) is 4.92. The van der Waals surface area contributed by atoms with Crippen LogP contribution in [0.2, 0.25) is 0 Å². The maximum Gasteiger partial charge on any atom is 2.00 e. The summed E-state index contributed by atoms with van der Waals surface area (Å²) >= 11 is 0. The summed E-state index contributed by atoms with van der Waals surface area (Å²) in [6.45, 7) is 0. The van der Waals surface area contributed by atoms with Gasteiger partial charge < -0.3 is 77.5 Å². The van der Waals surface area contributed by atoms with Gasteiger partial charge in [-0.25, -0.2) is 0 Å². The van der Waals surface area contributed by atoms with Gasteiger partial charge in [0.25, 0.3) is 0 Å². The second-order valence-corrected chi connectivity index (χ2v) is 18.0. The van der Waals surface area contributed by atoms with Gasteiger partial charge in [0.2, 0.25) is 16.8 Å². The van der Waals surface area contributed by atoms with E-state index in [4.69, 9.17) is 18.1 Å². The van der Waals surface area contributed by atoms with Crippen molar-refractivity contribution in [2.24, 2.45) is 0 Å². The molecule has 0 bridgehead atoms. The molecule has 8 rings (SSSR count). The Hall–Kier alpha value is -7.27. The Kier molecular flexibility index (Phi) is 29.1. The first-order valence-corrected chi connectivity index (χ1v) is 23.9. The van der Waals surface area contributed by atoms with Crippen LogP contribution in [0, 0.1) is 0 Å². The summed E-state index contributed by atoms with van der Waals surface area (Å²) in [5.74, 6) is -8.95. The van der Waals surface area contributed by atoms with E-state index >= 15 is 0 Å². The SMILES string of the molecule is COP(OC)c1ccccc1.COP(OC)c1ccccc1.O=C([O-])c1ccnc(-c2nccc(C(=O)[O-])c2-c2cc(C(=O)[O-])ccn2)c1.O=C([O-])c1ccnc(-c2nccc(C(=O)[O-])c2-c2cc(C(=O)[O-])ccn2)c1.[Ru+2].[Ru+2].[Ru+2]. The van der Waals surface area contributed by atoms with Gasteiger partial charge in [0.05, 0.1) is 70.0 Å². The van der Waals surface area contributed by atoms with Gasteiger partial charge in [-0.1, -0.05) is 36.4 Å². The van der Waals surface area contributed by atoms with E-state index in [1.54, 1.807) is 28.4 Å². The Morgan fingerprint density at radius 3 is 0.848 bits per heavy atom. The van der Waals surface area contributed by atoms with Crippen LogP contribution < -0.4 is 41.2 Å². The van der Waals surface area contributed by atoms with Crippen LogP contribution in [0.4, 0.5) is 0 Å². The molecular formula is C52H38N6O16P2Ru3. The normalized spacial score (nSPS) is 10.0. The number of carboxylic acids is 6. The van der Waals surface area contributed by atoms with Gasteiger partial charge in [-0.05, 0) is 84.9 Å². The Labute approximate surface area is 491 Å². The van der Waals surface area contributed by atoms with E-state index in [1.807, 2.05) is 60.7 Å². The number of carbonyl (C=O) groups excluding carboxylic acids is 6. The fraction of sp³-hybridized carbons (Fsp3) is 0.0769. The van der Waals surface area contributed by atoms with E-state index in [9.17, 15) is 59.4 Å². The third-order valence-electron chi connectivity index (χ3n) is 9.92. The van der Waals surface area contributed by atoms with Crippen molar-refractivity contribution >= 4 is 63.2 Å². The second-order valence-electron chi connectivity index (χ2n) is 14.5. The van der Waals surface area contributed by atoms with Crippen molar-refractivity contribution in [3.8, 4) is 45.3 Å². The van der Waals surface area contributed by atoms with Crippen LogP contribution in [-0.4, -0.2) is 94.2 Å². The molecule has 406 valence electrons. The Morgan fingerprint density at radius 1 is 0.342 bits per heavy atom. The molecule has 0 spiro atoms. The summed E-state index contributed by atoms with van der Waals surface area (Å²) in [4.78, 5) is 91.7. The predicted octanol–water partition coefficient (Wildman–Crippen LogP) is 0.418. The van der Waals surface area contributed by atoms with Crippen molar-refractivity contribution in [1.82, 2.24) is 29.9 Å². The van der Waals surface area contributed by atoms with Gasteiger partial charge >= 0.3 is 58.4 Å². The van der Waals surface area contributed by atoms with Gasteiger partial charge in [-0.15, -0.1) is 0 Å². The van der Waals surface area contributed by atoms with Crippen molar-refractivity contribution in [3.05, 3.63) is 192 Å². The zero-order valence-electron chi connectivity index (χ0n) is 41.2. The largest absolute Gasteiger partial charge is 2.00 e. The molecule has 0 unspecified atom stereocenters. The topological polar surface area (TPSA) is 355 Å². The van der Waals surface area contributed by atoms with E-state index in [2.05, 4.69) is 29.9 Å². The summed E-state index contributed by atoms with van der Waals surface area (Å²) < 4.78 is 20.5. The average Bonchev–Trinajstić information content (AvgIpc) is 3.44. The van der Waals surface area contributed by atoms with E-state index in [-0.39, 0.29) is 137 Å². The number of carboxylic acid groups (broad SMARTS) is 6. The first-order valence-electron chi connectivity index (χ1n) is 21.5. The van der Waals surface area contributed by atoms with Gasteiger partial charge in [-0.3, -0.25) is 29.9 Å². The summed E-state index contributed by atoms with van der Waals surface area (Å²) in [5.41, 5.74) is -1.60. The smallest absolute Gasteiger partial charge is 0.545 e. The zero-order valence-corrected chi connectivity index (χ0v) is 48.2. The minimum atomic E-state index is -1.55. The van der Waals surface area contributed by atoms with Crippen LogP contribution in [0.5, 0.6) is 0 Å². The third kappa shape index (κ3) is 19.0. The molecule has 0 fully saturated rings. The minimum absolute atomic E-state index is 0. The second kappa shape index (κ2) is 33.9.